The number of ether oxygens (including phenoxy) is 1. The molecule has 1 saturated carbocycles. The highest BCUT2D eigenvalue weighted by Crippen LogP contribution is 2.36. The van der Waals surface area contributed by atoms with Crippen LogP contribution in [-0.4, -0.2) is 49.8 Å². The van der Waals surface area contributed by atoms with Gasteiger partial charge in [0.25, 0.3) is 0 Å². The van der Waals surface area contributed by atoms with Crippen molar-refractivity contribution >= 4 is 0 Å². The van der Waals surface area contributed by atoms with Crippen molar-refractivity contribution in [3.05, 3.63) is 35.4 Å². The Morgan fingerprint density at radius 3 is 2.50 bits per heavy atom. The van der Waals surface area contributed by atoms with E-state index >= 15 is 0 Å². The fraction of sp³-hybridized carbons (Fsp3) is 0.684. The van der Waals surface area contributed by atoms with Gasteiger partial charge < -0.3 is 10.1 Å². The quantitative estimate of drug-likeness (QED) is 0.925. The van der Waals surface area contributed by atoms with Crippen LogP contribution in [0.1, 0.15) is 36.8 Å². The average Bonchev–Trinajstić information content (AvgIpc) is 2.58. The number of rotatable bonds is 4. The van der Waals surface area contributed by atoms with Crippen LogP contribution in [0.3, 0.4) is 0 Å². The van der Waals surface area contributed by atoms with E-state index in [1.807, 2.05) is 7.11 Å². The van der Waals surface area contributed by atoms with E-state index in [2.05, 4.69) is 41.4 Å². The lowest BCUT2D eigenvalue weighted by molar-refractivity contribution is -0.0561. The van der Waals surface area contributed by atoms with Gasteiger partial charge in [-0.05, 0) is 43.7 Å². The van der Waals surface area contributed by atoms with Gasteiger partial charge in [0, 0.05) is 45.8 Å². The zero-order valence-corrected chi connectivity index (χ0v) is 14.1. The van der Waals surface area contributed by atoms with E-state index in [4.69, 9.17) is 4.74 Å². The number of benzene rings is 1. The molecule has 1 N–H and O–H groups in total. The first-order valence-electron chi connectivity index (χ1n) is 8.77. The second kappa shape index (κ2) is 7.12. The molecule has 0 aromatic heterocycles. The van der Waals surface area contributed by atoms with Gasteiger partial charge in [0.15, 0.2) is 0 Å². The molecule has 0 unspecified atom stereocenters. The van der Waals surface area contributed by atoms with Gasteiger partial charge in [0.05, 0.1) is 5.60 Å². The lowest BCUT2D eigenvalue weighted by Crippen LogP contribution is -2.51. The van der Waals surface area contributed by atoms with Crippen molar-refractivity contribution in [3.63, 3.8) is 0 Å². The van der Waals surface area contributed by atoms with Crippen LogP contribution in [0.25, 0.3) is 0 Å². The van der Waals surface area contributed by atoms with Gasteiger partial charge in [0.2, 0.25) is 0 Å². The molecular formula is C19H30N2O. The minimum atomic E-state index is 0.0522. The number of hydrogen-bond acceptors (Lipinski definition) is 3. The van der Waals surface area contributed by atoms with E-state index in [0.29, 0.717) is 0 Å². The number of hydrogen-bond donors (Lipinski definition) is 1. The van der Waals surface area contributed by atoms with E-state index in [9.17, 15) is 0 Å². The summed E-state index contributed by atoms with van der Waals surface area (Å²) in [4.78, 5) is 2.68. The molecule has 3 heteroatoms. The molecule has 1 heterocycles. The van der Waals surface area contributed by atoms with Crippen molar-refractivity contribution in [3.8, 4) is 0 Å². The van der Waals surface area contributed by atoms with E-state index in [1.54, 1.807) is 0 Å². The fourth-order valence-electron chi connectivity index (χ4n) is 4.15. The largest absolute Gasteiger partial charge is 0.378 e. The zero-order chi connectivity index (χ0) is 15.4. The Morgan fingerprint density at radius 1 is 1.18 bits per heavy atom. The third-order valence-electron chi connectivity index (χ3n) is 5.74. The van der Waals surface area contributed by atoms with Crippen LogP contribution in [0.5, 0.6) is 0 Å². The SMILES string of the molecule is COC1(Cc2ccccc2C)CCC(N2CCNCC2)CC1. The van der Waals surface area contributed by atoms with Crippen LogP contribution in [0, 0.1) is 6.92 Å². The van der Waals surface area contributed by atoms with Crippen molar-refractivity contribution < 1.29 is 4.74 Å². The van der Waals surface area contributed by atoms with E-state index in [1.165, 1.54) is 49.9 Å². The summed E-state index contributed by atoms with van der Waals surface area (Å²) in [5, 5.41) is 3.45. The van der Waals surface area contributed by atoms with Crippen LogP contribution >= 0.6 is 0 Å². The molecule has 1 aliphatic heterocycles. The molecule has 122 valence electrons. The van der Waals surface area contributed by atoms with E-state index in [0.717, 1.165) is 25.6 Å². The maximum absolute atomic E-state index is 6.04. The molecule has 22 heavy (non-hydrogen) atoms. The van der Waals surface area contributed by atoms with E-state index < -0.39 is 0 Å². The van der Waals surface area contributed by atoms with Crippen LogP contribution in [0.4, 0.5) is 0 Å². The monoisotopic (exact) mass is 302 g/mol. The highest BCUT2D eigenvalue weighted by molar-refractivity contribution is 5.27. The second-order valence-electron chi connectivity index (χ2n) is 7.01. The average molecular weight is 302 g/mol. The Labute approximate surface area is 135 Å². The number of piperazine rings is 1. The highest BCUT2D eigenvalue weighted by atomic mass is 16.5. The Morgan fingerprint density at radius 2 is 1.86 bits per heavy atom. The highest BCUT2D eigenvalue weighted by Gasteiger charge is 2.37. The van der Waals surface area contributed by atoms with Gasteiger partial charge in [-0.25, -0.2) is 0 Å². The maximum atomic E-state index is 6.04. The molecule has 1 aromatic carbocycles. The van der Waals surface area contributed by atoms with Crippen molar-refractivity contribution in [2.75, 3.05) is 33.3 Å². The summed E-state index contributed by atoms with van der Waals surface area (Å²) in [5.41, 5.74) is 2.89. The summed E-state index contributed by atoms with van der Waals surface area (Å²) in [6, 6.07) is 9.52. The summed E-state index contributed by atoms with van der Waals surface area (Å²) in [6.45, 7) is 6.93. The van der Waals surface area contributed by atoms with Crippen molar-refractivity contribution in [2.45, 2.75) is 50.7 Å². The van der Waals surface area contributed by atoms with Crippen molar-refractivity contribution in [1.29, 1.82) is 0 Å². The van der Waals surface area contributed by atoms with Crippen LogP contribution in [-0.2, 0) is 11.2 Å². The third kappa shape index (κ3) is 3.53. The Hall–Kier alpha value is -0.900. The molecule has 1 aromatic rings. The van der Waals surface area contributed by atoms with Gasteiger partial charge in [0.1, 0.15) is 0 Å². The second-order valence-corrected chi connectivity index (χ2v) is 7.01. The minimum Gasteiger partial charge on any atom is -0.378 e. The molecule has 0 amide bonds. The smallest absolute Gasteiger partial charge is 0.0720 e. The molecule has 3 rings (SSSR count). The Kier molecular flexibility index (Phi) is 5.17. The Balaban J connectivity index is 1.62. The zero-order valence-electron chi connectivity index (χ0n) is 14.1. The molecular weight excluding hydrogens is 272 g/mol. The fourth-order valence-corrected chi connectivity index (χ4v) is 4.15. The lowest BCUT2D eigenvalue weighted by Gasteiger charge is -2.44. The first kappa shape index (κ1) is 16.0. The predicted molar refractivity (Wildman–Crippen MR) is 91.3 cm³/mol. The number of methoxy groups -OCH3 is 1. The molecule has 0 radical (unpaired) electrons. The van der Waals surface area contributed by atoms with Crippen molar-refractivity contribution in [1.82, 2.24) is 10.2 Å². The van der Waals surface area contributed by atoms with Crippen molar-refractivity contribution in [2.24, 2.45) is 0 Å². The number of aryl methyl sites for hydroxylation is 1. The van der Waals surface area contributed by atoms with Crippen LogP contribution < -0.4 is 5.32 Å². The number of nitrogens with one attached hydrogen (secondary N) is 1. The van der Waals surface area contributed by atoms with Crippen LogP contribution in [0.2, 0.25) is 0 Å². The predicted octanol–water partition coefficient (Wildman–Crippen LogP) is 2.77. The third-order valence-corrected chi connectivity index (χ3v) is 5.74. The minimum absolute atomic E-state index is 0.0522. The first-order valence-corrected chi connectivity index (χ1v) is 8.77. The molecule has 0 spiro atoms. The standard InChI is InChI=1S/C19H30N2O/c1-16-5-3-4-6-17(16)15-19(22-2)9-7-18(8-10-19)21-13-11-20-12-14-21/h3-6,18,20H,7-15H2,1-2H3. The molecule has 1 aliphatic carbocycles. The Bertz CT molecular complexity index is 474. The van der Waals surface area contributed by atoms with Gasteiger partial charge in [-0.1, -0.05) is 24.3 Å². The summed E-state index contributed by atoms with van der Waals surface area (Å²) in [5.74, 6) is 0. The van der Waals surface area contributed by atoms with Gasteiger partial charge in [-0.2, -0.15) is 0 Å². The molecule has 2 aliphatic rings. The molecule has 0 bridgehead atoms. The molecule has 0 atom stereocenters. The van der Waals surface area contributed by atoms with Gasteiger partial charge >= 0.3 is 0 Å². The first-order chi connectivity index (χ1) is 10.7. The van der Waals surface area contributed by atoms with Crippen LogP contribution in [0.15, 0.2) is 24.3 Å². The summed E-state index contributed by atoms with van der Waals surface area (Å²) in [7, 11) is 1.91. The summed E-state index contributed by atoms with van der Waals surface area (Å²) in [6.07, 6.45) is 5.99. The summed E-state index contributed by atoms with van der Waals surface area (Å²) >= 11 is 0. The number of nitrogens with zero attached hydrogens (tertiary/aromatic N) is 1. The van der Waals surface area contributed by atoms with Gasteiger partial charge in [-0.3, -0.25) is 4.90 Å². The topological polar surface area (TPSA) is 24.5 Å². The molecule has 1 saturated heterocycles. The molecule has 3 nitrogen and oxygen atoms in total. The van der Waals surface area contributed by atoms with E-state index in [-0.39, 0.29) is 5.60 Å². The summed E-state index contributed by atoms with van der Waals surface area (Å²) < 4.78 is 6.04. The maximum Gasteiger partial charge on any atom is 0.0720 e. The normalized spacial score (nSPS) is 30.4. The van der Waals surface area contributed by atoms with Gasteiger partial charge in [-0.15, -0.1) is 0 Å². The molecule has 2 fully saturated rings. The lowest BCUT2D eigenvalue weighted by atomic mass is 9.77.